The number of ether oxygens (including phenoxy) is 1. The van der Waals surface area contributed by atoms with Crippen molar-refractivity contribution in [3.63, 3.8) is 0 Å². The van der Waals surface area contributed by atoms with Crippen molar-refractivity contribution in [2.24, 2.45) is 0 Å². The van der Waals surface area contributed by atoms with Crippen molar-refractivity contribution < 1.29 is 14.3 Å². The second-order valence-electron chi connectivity index (χ2n) is 9.49. The molecule has 9 nitrogen and oxygen atoms in total. The van der Waals surface area contributed by atoms with E-state index in [4.69, 9.17) is 4.74 Å². The first-order valence-electron chi connectivity index (χ1n) is 13.0. The van der Waals surface area contributed by atoms with Crippen LogP contribution < -0.4 is 4.90 Å². The van der Waals surface area contributed by atoms with E-state index in [-0.39, 0.29) is 18.4 Å². The van der Waals surface area contributed by atoms with E-state index in [0.717, 1.165) is 62.9 Å². The minimum Gasteiger partial charge on any atom is -0.379 e. The van der Waals surface area contributed by atoms with E-state index < -0.39 is 0 Å². The highest BCUT2D eigenvalue weighted by atomic mass is 16.5. The van der Waals surface area contributed by atoms with Crippen LogP contribution in [0.1, 0.15) is 25.3 Å². The van der Waals surface area contributed by atoms with Crippen molar-refractivity contribution in [3.05, 3.63) is 42.0 Å². The number of anilines is 1. The molecular formula is C27H38N6O3. The highest BCUT2D eigenvalue weighted by Gasteiger charge is 2.24. The van der Waals surface area contributed by atoms with Gasteiger partial charge >= 0.3 is 0 Å². The van der Waals surface area contributed by atoms with Crippen molar-refractivity contribution in [2.45, 2.75) is 26.7 Å². The molecule has 4 rings (SSSR count). The second-order valence-corrected chi connectivity index (χ2v) is 9.49. The number of aryl methyl sites for hydroxylation is 1. The molecule has 0 N–H and O–H groups in total. The van der Waals surface area contributed by atoms with Gasteiger partial charge in [0.25, 0.3) is 0 Å². The maximum atomic E-state index is 13.2. The molecule has 2 fully saturated rings. The van der Waals surface area contributed by atoms with Crippen LogP contribution in [0.25, 0.3) is 11.3 Å². The summed E-state index contributed by atoms with van der Waals surface area (Å²) in [7, 11) is 0. The van der Waals surface area contributed by atoms with Gasteiger partial charge in [0.15, 0.2) is 5.82 Å². The smallest absolute Gasteiger partial charge is 0.242 e. The molecule has 0 atom stereocenters. The summed E-state index contributed by atoms with van der Waals surface area (Å²) in [5.74, 6) is 0.867. The predicted molar refractivity (Wildman–Crippen MR) is 140 cm³/mol. The molecule has 36 heavy (non-hydrogen) atoms. The van der Waals surface area contributed by atoms with Gasteiger partial charge < -0.3 is 19.4 Å². The molecule has 0 radical (unpaired) electrons. The molecular weight excluding hydrogens is 456 g/mol. The molecule has 2 aliphatic rings. The lowest BCUT2D eigenvalue weighted by atomic mass is 10.1. The van der Waals surface area contributed by atoms with Gasteiger partial charge in [-0.1, -0.05) is 36.8 Å². The minimum absolute atomic E-state index is 0.0152. The Bertz CT molecular complexity index is 992. The zero-order valence-corrected chi connectivity index (χ0v) is 21.6. The van der Waals surface area contributed by atoms with E-state index in [0.29, 0.717) is 32.6 Å². The molecule has 0 unspecified atom stereocenters. The fraction of sp³-hybridized carbons (Fsp3) is 0.556. The Morgan fingerprint density at radius 2 is 1.72 bits per heavy atom. The van der Waals surface area contributed by atoms with Gasteiger partial charge in [-0.05, 0) is 25.5 Å². The topological polar surface area (TPSA) is 82.1 Å². The third-order valence-corrected chi connectivity index (χ3v) is 6.94. The summed E-state index contributed by atoms with van der Waals surface area (Å²) in [6, 6.07) is 12.3. The first kappa shape index (κ1) is 26.0. The van der Waals surface area contributed by atoms with Gasteiger partial charge in [-0.3, -0.25) is 14.5 Å². The molecule has 9 heteroatoms. The molecule has 0 bridgehead atoms. The van der Waals surface area contributed by atoms with Crippen LogP contribution in [0.2, 0.25) is 0 Å². The third kappa shape index (κ3) is 7.01. The van der Waals surface area contributed by atoms with E-state index in [2.05, 4.69) is 51.2 Å². The third-order valence-electron chi connectivity index (χ3n) is 6.94. The van der Waals surface area contributed by atoms with Gasteiger partial charge in [0.05, 0.1) is 25.5 Å². The number of hydrogen-bond acceptors (Lipinski definition) is 7. The Kier molecular flexibility index (Phi) is 9.24. The largest absolute Gasteiger partial charge is 0.379 e. The lowest BCUT2D eigenvalue weighted by Gasteiger charge is -2.31. The predicted octanol–water partition coefficient (Wildman–Crippen LogP) is 2.06. The Balaban J connectivity index is 1.31. The van der Waals surface area contributed by atoms with Crippen LogP contribution in [0.3, 0.4) is 0 Å². The Morgan fingerprint density at radius 1 is 0.944 bits per heavy atom. The molecule has 2 saturated heterocycles. The summed E-state index contributed by atoms with van der Waals surface area (Å²) in [6.07, 6.45) is 1.25. The zero-order valence-electron chi connectivity index (χ0n) is 21.6. The number of morpholine rings is 1. The number of nitrogens with zero attached hydrogens (tertiary/aromatic N) is 6. The highest BCUT2D eigenvalue weighted by Crippen LogP contribution is 2.20. The normalized spacial score (nSPS) is 17.1. The van der Waals surface area contributed by atoms with Crippen LogP contribution in [-0.2, 0) is 14.3 Å². The van der Waals surface area contributed by atoms with Crippen molar-refractivity contribution in [1.29, 1.82) is 0 Å². The molecule has 0 spiro atoms. The van der Waals surface area contributed by atoms with Gasteiger partial charge in [0.1, 0.15) is 0 Å². The average Bonchev–Trinajstić information content (AvgIpc) is 3.18. The molecule has 3 heterocycles. The molecule has 0 aliphatic carbocycles. The number of rotatable bonds is 8. The quantitative estimate of drug-likeness (QED) is 0.556. The first-order chi connectivity index (χ1) is 17.5. The van der Waals surface area contributed by atoms with Crippen molar-refractivity contribution in [1.82, 2.24) is 24.9 Å². The summed E-state index contributed by atoms with van der Waals surface area (Å²) in [5.41, 5.74) is 3.11. The van der Waals surface area contributed by atoms with E-state index in [1.54, 1.807) is 4.90 Å². The summed E-state index contributed by atoms with van der Waals surface area (Å²) < 4.78 is 5.41. The fourth-order valence-electron chi connectivity index (χ4n) is 4.63. The lowest BCUT2D eigenvalue weighted by Crippen LogP contribution is -2.47. The van der Waals surface area contributed by atoms with Gasteiger partial charge in [-0.25, -0.2) is 0 Å². The Hall–Kier alpha value is -3.04. The number of benzene rings is 1. The van der Waals surface area contributed by atoms with Crippen molar-refractivity contribution in [3.8, 4) is 11.3 Å². The van der Waals surface area contributed by atoms with Crippen LogP contribution in [0.5, 0.6) is 0 Å². The van der Waals surface area contributed by atoms with Crippen LogP contribution in [0.15, 0.2) is 36.4 Å². The van der Waals surface area contributed by atoms with Gasteiger partial charge in [-0.2, -0.15) is 0 Å². The summed E-state index contributed by atoms with van der Waals surface area (Å²) in [5, 5.41) is 8.91. The van der Waals surface area contributed by atoms with Gasteiger partial charge in [0, 0.05) is 64.3 Å². The number of hydrogen-bond donors (Lipinski definition) is 0. The van der Waals surface area contributed by atoms with Gasteiger partial charge in [-0.15, -0.1) is 10.2 Å². The lowest BCUT2D eigenvalue weighted by molar-refractivity contribution is -0.140. The number of carbonyl (C=O) groups excluding carboxylic acids is 2. The number of amides is 2. The zero-order chi connectivity index (χ0) is 25.3. The van der Waals surface area contributed by atoms with Crippen molar-refractivity contribution in [2.75, 3.05) is 77.0 Å². The number of carbonyl (C=O) groups is 2. The molecule has 0 saturated carbocycles. The fourth-order valence-corrected chi connectivity index (χ4v) is 4.63. The van der Waals surface area contributed by atoms with Crippen LogP contribution in [0, 0.1) is 6.92 Å². The van der Waals surface area contributed by atoms with Crippen LogP contribution >= 0.6 is 0 Å². The Morgan fingerprint density at radius 3 is 2.42 bits per heavy atom. The molecule has 1 aromatic heterocycles. The minimum atomic E-state index is 0.0152. The summed E-state index contributed by atoms with van der Waals surface area (Å²) in [4.78, 5) is 33.8. The maximum absolute atomic E-state index is 13.2. The summed E-state index contributed by atoms with van der Waals surface area (Å²) in [6.45, 7) is 11.4. The molecule has 2 aliphatic heterocycles. The highest BCUT2D eigenvalue weighted by molar-refractivity contribution is 5.84. The van der Waals surface area contributed by atoms with Crippen molar-refractivity contribution >= 4 is 17.6 Å². The summed E-state index contributed by atoms with van der Waals surface area (Å²) >= 11 is 0. The Labute approximate surface area is 214 Å². The maximum Gasteiger partial charge on any atom is 0.242 e. The van der Waals surface area contributed by atoms with E-state index in [9.17, 15) is 9.59 Å². The molecule has 194 valence electrons. The average molecular weight is 495 g/mol. The van der Waals surface area contributed by atoms with E-state index >= 15 is 0 Å². The van der Waals surface area contributed by atoms with E-state index in [1.807, 2.05) is 24.0 Å². The SMILES string of the molecule is CCC(=O)N(CCN1CCOCC1)CC(=O)N1CCCN(c2ccc(-c3ccc(C)cc3)nn2)CC1. The second kappa shape index (κ2) is 12.8. The first-order valence-corrected chi connectivity index (χ1v) is 13.0. The van der Waals surface area contributed by atoms with Crippen LogP contribution in [-0.4, -0.2) is 109 Å². The molecule has 2 amide bonds. The van der Waals surface area contributed by atoms with Gasteiger partial charge in [0.2, 0.25) is 11.8 Å². The standard InChI is InChI=1S/C27H38N6O3/c1-3-26(34)33(14-13-30-17-19-36-20-18-30)21-27(35)32-12-4-11-31(15-16-32)25-10-9-24(28-29-25)23-7-5-22(2)6-8-23/h5-10H,3-4,11-21H2,1-2H3. The van der Waals surface area contributed by atoms with E-state index in [1.165, 1.54) is 5.56 Å². The monoisotopic (exact) mass is 494 g/mol. The molecule has 1 aromatic carbocycles. The van der Waals surface area contributed by atoms with Crippen LogP contribution in [0.4, 0.5) is 5.82 Å². The molecule has 2 aromatic rings. The number of aromatic nitrogens is 2.